The average Bonchev–Trinajstić information content (AvgIpc) is 2.77. The van der Waals surface area contributed by atoms with E-state index in [1.807, 2.05) is 0 Å². The minimum Gasteiger partial charge on any atom is -0.464 e. The highest BCUT2D eigenvalue weighted by Crippen LogP contribution is 2.24. The van der Waals surface area contributed by atoms with Gasteiger partial charge in [0.05, 0.1) is 12.8 Å². The van der Waals surface area contributed by atoms with E-state index in [0.717, 1.165) is 0 Å². The number of nitrogens with zero attached hydrogens (tertiary/aromatic N) is 1. The Labute approximate surface area is 106 Å². The lowest BCUT2D eigenvalue weighted by atomic mass is 10.3. The number of rotatable bonds is 2. The lowest BCUT2D eigenvalue weighted by Gasteiger charge is -2.09. The van der Waals surface area contributed by atoms with Crippen molar-refractivity contribution >= 4 is 21.9 Å². The van der Waals surface area contributed by atoms with Gasteiger partial charge in [0.15, 0.2) is 0 Å². The molecule has 17 heavy (non-hydrogen) atoms. The van der Waals surface area contributed by atoms with Gasteiger partial charge in [0.2, 0.25) is 0 Å². The van der Waals surface area contributed by atoms with E-state index in [1.54, 1.807) is 29.0 Å². The van der Waals surface area contributed by atoms with E-state index in [9.17, 15) is 9.18 Å². The average molecular weight is 298 g/mol. The van der Waals surface area contributed by atoms with Crippen molar-refractivity contribution in [3.05, 3.63) is 52.5 Å². The van der Waals surface area contributed by atoms with Gasteiger partial charge in [0.1, 0.15) is 11.5 Å². The van der Waals surface area contributed by atoms with Crippen LogP contribution in [0.1, 0.15) is 10.5 Å². The van der Waals surface area contributed by atoms with Crippen molar-refractivity contribution in [3.63, 3.8) is 0 Å². The molecule has 0 radical (unpaired) electrons. The SMILES string of the molecule is COC(=O)c1cccn1-c1ccc(F)cc1Br. The van der Waals surface area contributed by atoms with E-state index in [1.165, 1.54) is 19.2 Å². The van der Waals surface area contributed by atoms with E-state index in [4.69, 9.17) is 0 Å². The third-order valence-corrected chi connectivity index (χ3v) is 2.95. The quantitative estimate of drug-likeness (QED) is 0.797. The minimum absolute atomic E-state index is 0.340. The molecule has 2 aromatic rings. The van der Waals surface area contributed by atoms with Crippen LogP contribution < -0.4 is 0 Å². The topological polar surface area (TPSA) is 31.2 Å². The monoisotopic (exact) mass is 297 g/mol. The third kappa shape index (κ3) is 2.24. The Bertz CT molecular complexity index is 565. The molecule has 2 rings (SSSR count). The predicted octanol–water partition coefficient (Wildman–Crippen LogP) is 3.17. The van der Waals surface area contributed by atoms with Crippen LogP contribution in [0.3, 0.4) is 0 Å². The molecule has 88 valence electrons. The summed E-state index contributed by atoms with van der Waals surface area (Å²) in [7, 11) is 1.32. The van der Waals surface area contributed by atoms with Crippen LogP contribution in [0.4, 0.5) is 4.39 Å². The lowest BCUT2D eigenvalue weighted by molar-refractivity contribution is 0.0591. The molecule has 3 nitrogen and oxygen atoms in total. The molecule has 1 heterocycles. The summed E-state index contributed by atoms with van der Waals surface area (Å²) in [5.41, 5.74) is 1.07. The first-order valence-corrected chi connectivity index (χ1v) is 5.64. The first-order chi connectivity index (χ1) is 8.13. The molecule has 0 atom stereocenters. The Morgan fingerprint density at radius 1 is 1.41 bits per heavy atom. The van der Waals surface area contributed by atoms with Gasteiger partial charge >= 0.3 is 5.97 Å². The number of carbonyl (C=O) groups is 1. The summed E-state index contributed by atoms with van der Waals surface area (Å²) < 4.78 is 19.9. The van der Waals surface area contributed by atoms with Crippen molar-refractivity contribution in [3.8, 4) is 5.69 Å². The van der Waals surface area contributed by atoms with Crippen LogP contribution in [-0.4, -0.2) is 17.6 Å². The molecule has 1 aromatic heterocycles. The van der Waals surface area contributed by atoms with Gasteiger partial charge in [0.25, 0.3) is 0 Å². The van der Waals surface area contributed by atoms with Crippen LogP contribution in [0.5, 0.6) is 0 Å². The van der Waals surface area contributed by atoms with Crippen LogP contribution in [0.2, 0.25) is 0 Å². The Morgan fingerprint density at radius 3 is 2.82 bits per heavy atom. The van der Waals surface area contributed by atoms with Crippen molar-refractivity contribution in [1.29, 1.82) is 0 Å². The fourth-order valence-corrected chi connectivity index (χ4v) is 2.08. The van der Waals surface area contributed by atoms with Gasteiger partial charge < -0.3 is 9.30 Å². The van der Waals surface area contributed by atoms with E-state index < -0.39 is 5.97 Å². The highest BCUT2D eigenvalue weighted by molar-refractivity contribution is 9.10. The predicted molar refractivity (Wildman–Crippen MR) is 64.8 cm³/mol. The normalized spacial score (nSPS) is 10.3. The van der Waals surface area contributed by atoms with Crippen LogP contribution in [0, 0.1) is 5.82 Å². The van der Waals surface area contributed by atoms with Crippen LogP contribution >= 0.6 is 15.9 Å². The number of esters is 1. The van der Waals surface area contributed by atoms with Gasteiger partial charge in [-0.2, -0.15) is 0 Å². The zero-order valence-corrected chi connectivity index (χ0v) is 10.6. The number of hydrogen-bond acceptors (Lipinski definition) is 2. The summed E-state index contributed by atoms with van der Waals surface area (Å²) in [6.45, 7) is 0. The highest BCUT2D eigenvalue weighted by Gasteiger charge is 2.13. The summed E-state index contributed by atoms with van der Waals surface area (Å²) in [6, 6.07) is 7.63. The summed E-state index contributed by atoms with van der Waals surface area (Å²) in [5, 5.41) is 0. The molecule has 0 amide bonds. The standard InChI is InChI=1S/C12H9BrFNO2/c1-17-12(16)11-3-2-6-15(11)10-5-4-8(14)7-9(10)13/h2-7H,1H3. The molecule has 0 unspecified atom stereocenters. The van der Waals surface area contributed by atoms with Crippen molar-refractivity contribution in [2.24, 2.45) is 0 Å². The van der Waals surface area contributed by atoms with Crippen LogP contribution in [-0.2, 0) is 4.74 Å². The second-order valence-electron chi connectivity index (χ2n) is 3.35. The maximum absolute atomic E-state index is 13.0. The fourth-order valence-electron chi connectivity index (χ4n) is 1.54. The van der Waals surface area contributed by atoms with Crippen molar-refractivity contribution < 1.29 is 13.9 Å². The zero-order valence-electron chi connectivity index (χ0n) is 8.98. The lowest BCUT2D eigenvalue weighted by Crippen LogP contribution is -2.08. The number of carbonyl (C=O) groups excluding carboxylic acids is 1. The summed E-state index contributed by atoms with van der Waals surface area (Å²) >= 11 is 3.26. The maximum atomic E-state index is 13.0. The molecular weight excluding hydrogens is 289 g/mol. The highest BCUT2D eigenvalue weighted by atomic mass is 79.9. The Hall–Kier alpha value is -1.62. The summed E-state index contributed by atoms with van der Waals surface area (Å²) in [5.74, 6) is -0.779. The molecule has 0 fully saturated rings. The Morgan fingerprint density at radius 2 is 2.18 bits per heavy atom. The molecule has 1 aromatic carbocycles. The molecule has 0 aliphatic rings. The molecule has 0 spiro atoms. The molecule has 5 heteroatoms. The van der Waals surface area contributed by atoms with Gasteiger partial charge in [-0.25, -0.2) is 9.18 Å². The number of aromatic nitrogens is 1. The van der Waals surface area contributed by atoms with E-state index in [0.29, 0.717) is 15.9 Å². The summed E-state index contributed by atoms with van der Waals surface area (Å²) in [6.07, 6.45) is 1.71. The van der Waals surface area contributed by atoms with Gasteiger partial charge in [-0.15, -0.1) is 0 Å². The third-order valence-electron chi connectivity index (χ3n) is 2.31. The molecular formula is C12H9BrFNO2. The first-order valence-electron chi connectivity index (χ1n) is 4.84. The number of methoxy groups -OCH3 is 1. The molecule has 0 saturated heterocycles. The van der Waals surface area contributed by atoms with E-state index in [-0.39, 0.29) is 5.82 Å². The Kier molecular flexibility index (Phi) is 3.28. The largest absolute Gasteiger partial charge is 0.464 e. The van der Waals surface area contributed by atoms with Gasteiger partial charge in [-0.05, 0) is 46.3 Å². The van der Waals surface area contributed by atoms with Crippen LogP contribution in [0.15, 0.2) is 41.0 Å². The van der Waals surface area contributed by atoms with E-state index >= 15 is 0 Å². The number of hydrogen-bond donors (Lipinski definition) is 0. The molecule has 0 saturated carbocycles. The summed E-state index contributed by atoms with van der Waals surface area (Å²) in [4.78, 5) is 11.5. The molecule has 0 N–H and O–H groups in total. The van der Waals surface area contributed by atoms with E-state index in [2.05, 4.69) is 20.7 Å². The second-order valence-corrected chi connectivity index (χ2v) is 4.21. The number of halogens is 2. The number of ether oxygens (including phenoxy) is 1. The molecule has 0 aliphatic carbocycles. The van der Waals surface area contributed by atoms with Gasteiger partial charge in [-0.1, -0.05) is 0 Å². The molecule has 0 aliphatic heterocycles. The van der Waals surface area contributed by atoms with Crippen LogP contribution in [0.25, 0.3) is 5.69 Å². The second kappa shape index (κ2) is 4.71. The zero-order chi connectivity index (χ0) is 12.4. The van der Waals surface area contributed by atoms with Crippen molar-refractivity contribution in [2.45, 2.75) is 0 Å². The fraction of sp³-hybridized carbons (Fsp3) is 0.0833. The number of benzene rings is 1. The van der Waals surface area contributed by atoms with Gasteiger partial charge in [0, 0.05) is 10.7 Å². The van der Waals surface area contributed by atoms with Crippen molar-refractivity contribution in [1.82, 2.24) is 4.57 Å². The molecule has 0 bridgehead atoms. The van der Waals surface area contributed by atoms with Gasteiger partial charge in [-0.3, -0.25) is 0 Å². The minimum atomic E-state index is -0.439. The smallest absolute Gasteiger partial charge is 0.355 e. The Balaban J connectivity index is 2.53. The maximum Gasteiger partial charge on any atom is 0.355 e. The first kappa shape index (κ1) is 11.9. The van der Waals surface area contributed by atoms with Crippen molar-refractivity contribution in [2.75, 3.05) is 7.11 Å².